The van der Waals surface area contributed by atoms with Crippen LogP contribution in [-0.4, -0.2) is 43.1 Å². The summed E-state index contributed by atoms with van der Waals surface area (Å²) >= 11 is 0. The van der Waals surface area contributed by atoms with Crippen LogP contribution in [0.2, 0.25) is 0 Å². The predicted molar refractivity (Wildman–Crippen MR) is 95.1 cm³/mol. The monoisotopic (exact) mass is 354 g/mol. The lowest BCUT2D eigenvalue weighted by Gasteiger charge is -2.18. The number of carbonyl (C=O) groups excluding carboxylic acids is 1. The molecule has 2 heterocycles. The molecule has 1 amide bonds. The summed E-state index contributed by atoms with van der Waals surface area (Å²) in [6.45, 7) is 3.20. The van der Waals surface area contributed by atoms with Gasteiger partial charge < -0.3 is 15.5 Å². The van der Waals surface area contributed by atoms with E-state index in [2.05, 4.69) is 10.6 Å². The first-order valence-corrected chi connectivity index (χ1v) is 8.20. The van der Waals surface area contributed by atoms with Crippen molar-refractivity contribution in [3.63, 3.8) is 0 Å². The Hall–Kier alpha value is -1.86. The maximum atomic E-state index is 12.2. The number of nitrogens with one attached hydrogen (secondary N) is 2. The molecule has 3 rings (SSSR count). The molecule has 0 aliphatic carbocycles. The average molecular weight is 355 g/mol. The summed E-state index contributed by atoms with van der Waals surface area (Å²) < 4.78 is 0. The third-order valence-corrected chi connectivity index (χ3v) is 4.55. The molecule has 2 fully saturated rings. The van der Waals surface area contributed by atoms with Crippen LogP contribution in [-0.2, 0) is 0 Å². The van der Waals surface area contributed by atoms with Crippen LogP contribution in [0.25, 0.3) is 0 Å². The van der Waals surface area contributed by atoms with Gasteiger partial charge in [0.1, 0.15) is 5.69 Å². The van der Waals surface area contributed by atoms with Gasteiger partial charge >= 0.3 is 0 Å². The normalized spacial score (nSPS) is 19.8. The lowest BCUT2D eigenvalue weighted by molar-refractivity contribution is -0.384. The van der Waals surface area contributed by atoms with E-state index in [0.29, 0.717) is 23.8 Å². The molecular formula is C16H23ClN4O3. The first-order chi connectivity index (χ1) is 11.1. The predicted octanol–water partition coefficient (Wildman–Crippen LogP) is 2.10. The maximum absolute atomic E-state index is 12.2. The number of rotatable bonds is 5. The molecule has 8 heteroatoms. The van der Waals surface area contributed by atoms with Gasteiger partial charge in [0, 0.05) is 37.3 Å². The zero-order chi connectivity index (χ0) is 16.2. The van der Waals surface area contributed by atoms with Crippen molar-refractivity contribution >= 4 is 29.7 Å². The molecule has 1 atom stereocenters. The molecule has 0 spiro atoms. The molecule has 2 N–H and O–H groups in total. The van der Waals surface area contributed by atoms with Crippen LogP contribution >= 0.6 is 12.4 Å². The molecule has 2 aliphatic rings. The van der Waals surface area contributed by atoms with Crippen molar-refractivity contribution in [3.8, 4) is 0 Å². The third kappa shape index (κ3) is 4.15. The summed E-state index contributed by atoms with van der Waals surface area (Å²) in [5, 5.41) is 17.5. The molecule has 0 aromatic heterocycles. The lowest BCUT2D eigenvalue weighted by Crippen LogP contribution is -2.37. The molecular weight excluding hydrogens is 332 g/mol. The van der Waals surface area contributed by atoms with E-state index in [1.807, 2.05) is 4.90 Å². The molecule has 0 saturated carbocycles. The van der Waals surface area contributed by atoms with Crippen molar-refractivity contribution in [2.45, 2.75) is 31.7 Å². The van der Waals surface area contributed by atoms with E-state index in [-0.39, 0.29) is 24.0 Å². The number of carbonyl (C=O) groups is 1. The standard InChI is InChI=1S/C16H22N4O3.ClH/c21-16(18-11-13-4-3-7-17-13)12-5-6-14(15(10-12)20(22)23)19-8-1-2-9-19;/h5-6,10,13,17H,1-4,7-9,11H2,(H,18,21);1H. The van der Waals surface area contributed by atoms with Gasteiger partial charge in [0.05, 0.1) is 4.92 Å². The highest BCUT2D eigenvalue weighted by molar-refractivity contribution is 5.95. The zero-order valence-corrected chi connectivity index (χ0v) is 14.3. The maximum Gasteiger partial charge on any atom is 0.293 e. The Morgan fingerprint density at radius 1 is 1.33 bits per heavy atom. The SMILES string of the molecule is Cl.O=C(NCC1CCCN1)c1ccc(N2CCCC2)c([N+](=O)[O-])c1. The molecule has 7 nitrogen and oxygen atoms in total. The Kier molecular flexibility index (Phi) is 6.39. The third-order valence-electron chi connectivity index (χ3n) is 4.55. The molecule has 1 aromatic carbocycles. The van der Waals surface area contributed by atoms with Gasteiger partial charge in [-0.25, -0.2) is 0 Å². The van der Waals surface area contributed by atoms with Crippen LogP contribution in [0.3, 0.4) is 0 Å². The summed E-state index contributed by atoms with van der Waals surface area (Å²) in [6.07, 6.45) is 4.27. The lowest BCUT2D eigenvalue weighted by atomic mass is 10.1. The Morgan fingerprint density at radius 3 is 2.71 bits per heavy atom. The number of hydrogen-bond acceptors (Lipinski definition) is 5. The minimum absolute atomic E-state index is 0. The van der Waals surface area contributed by atoms with Crippen molar-refractivity contribution in [3.05, 3.63) is 33.9 Å². The van der Waals surface area contributed by atoms with Crippen LogP contribution in [0.5, 0.6) is 0 Å². The van der Waals surface area contributed by atoms with E-state index < -0.39 is 4.92 Å². The Labute approximate surface area is 147 Å². The summed E-state index contributed by atoms with van der Waals surface area (Å²) in [7, 11) is 0. The molecule has 2 saturated heterocycles. The Balaban J connectivity index is 0.00000208. The minimum Gasteiger partial charge on any atom is -0.366 e. The summed E-state index contributed by atoms with van der Waals surface area (Å²) in [5.41, 5.74) is 0.970. The molecule has 1 unspecified atom stereocenters. The number of amides is 1. The van der Waals surface area contributed by atoms with Gasteiger partial charge in [-0.1, -0.05) is 0 Å². The van der Waals surface area contributed by atoms with Crippen molar-refractivity contribution in [1.82, 2.24) is 10.6 Å². The van der Waals surface area contributed by atoms with Crippen molar-refractivity contribution in [2.24, 2.45) is 0 Å². The van der Waals surface area contributed by atoms with Crippen LogP contribution < -0.4 is 15.5 Å². The van der Waals surface area contributed by atoms with Gasteiger partial charge in [0.15, 0.2) is 0 Å². The first-order valence-electron chi connectivity index (χ1n) is 8.20. The summed E-state index contributed by atoms with van der Waals surface area (Å²) in [4.78, 5) is 25.2. The van der Waals surface area contributed by atoms with E-state index in [1.165, 1.54) is 6.07 Å². The van der Waals surface area contributed by atoms with Crippen LogP contribution in [0.1, 0.15) is 36.0 Å². The van der Waals surface area contributed by atoms with Crippen molar-refractivity contribution < 1.29 is 9.72 Å². The fraction of sp³-hybridized carbons (Fsp3) is 0.562. The fourth-order valence-electron chi connectivity index (χ4n) is 3.29. The fourth-order valence-corrected chi connectivity index (χ4v) is 3.29. The van der Waals surface area contributed by atoms with E-state index in [1.54, 1.807) is 12.1 Å². The van der Waals surface area contributed by atoms with Gasteiger partial charge in [-0.05, 0) is 44.4 Å². The Morgan fingerprint density at radius 2 is 2.08 bits per heavy atom. The van der Waals surface area contributed by atoms with Crippen molar-refractivity contribution in [1.29, 1.82) is 0 Å². The molecule has 1 aromatic rings. The van der Waals surface area contributed by atoms with E-state index in [9.17, 15) is 14.9 Å². The number of halogens is 1. The highest BCUT2D eigenvalue weighted by Gasteiger charge is 2.24. The van der Waals surface area contributed by atoms with Crippen LogP contribution in [0.4, 0.5) is 11.4 Å². The molecule has 2 aliphatic heterocycles. The van der Waals surface area contributed by atoms with E-state index >= 15 is 0 Å². The van der Waals surface area contributed by atoms with Crippen LogP contribution in [0.15, 0.2) is 18.2 Å². The highest BCUT2D eigenvalue weighted by atomic mass is 35.5. The second-order valence-corrected chi connectivity index (χ2v) is 6.16. The van der Waals surface area contributed by atoms with Gasteiger partial charge in [-0.3, -0.25) is 14.9 Å². The zero-order valence-electron chi connectivity index (χ0n) is 13.5. The van der Waals surface area contributed by atoms with E-state index in [0.717, 1.165) is 45.3 Å². The van der Waals surface area contributed by atoms with Gasteiger partial charge in [0.2, 0.25) is 0 Å². The molecule has 24 heavy (non-hydrogen) atoms. The number of anilines is 1. The van der Waals surface area contributed by atoms with E-state index in [4.69, 9.17) is 0 Å². The average Bonchev–Trinajstić information content (AvgIpc) is 3.25. The second-order valence-electron chi connectivity index (χ2n) is 6.16. The number of hydrogen-bond donors (Lipinski definition) is 2. The first kappa shape index (κ1) is 18.5. The molecule has 0 bridgehead atoms. The van der Waals surface area contributed by atoms with Crippen molar-refractivity contribution in [2.75, 3.05) is 31.1 Å². The quantitative estimate of drug-likeness (QED) is 0.624. The number of benzene rings is 1. The largest absolute Gasteiger partial charge is 0.366 e. The number of nitro groups is 1. The summed E-state index contributed by atoms with van der Waals surface area (Å²) in [5.74, 6) is -0.255. The van der Waals surface area contributed by atoms with Crippen LogP contribution in [0, 0.1) is 10.1 Å². The van der Waals surface area contributed by atoms with Gasteiger partial charge in [-0.2, -0.15) is 0 Å². The highest BCUT2D eigenvalue weighted by Crippen LogP contribution is 2.31. The molecule has 132 valence electrons. The topological polar surface area (TPSA) is 87.5 Å². The summed E-state index contributed by atoms with van der Waals surface area (Å²) in [6, 6.07) is 5.08. The van der Waals surface area contributed by atoms with Gasteiger partial charge in [-0.15, -0.1) is 12.4 Å². The smallest absolute Gasteiger partial charge is 0.293 e. The minimum atomic E-state index is -0.400. The molecule has 0 radical (unpaired) electrons. The Bertz CT molecular complexity index is 599. The number of nitrogens with zero attached hydrogens (tertiary/aromatic N) is 2. The second kappa shape index (κ2) is 8.30. The number of nitro benzene ring substituents is 1. The van der Waals surface area contributed by atoms with Gasteiger partial charge in [0.25, 0.3) is 11.6 Å².